The molecular weight excluding hydrogens is 376 g/mol. The number of amides is 1. The summed E-state index contributed by atoms with van der Waals surface area (Å²) in [6.45, 7) is 7.97. The van der Waals surface area contributed by atoms with Crippen molar-refractivity contribution >= 4 is 17.5 Å². The largest absolute Gasteiger partial charge is 0.351 e. The summed E-state index contributed by atoms with van der Waals surface area (Å²) >= 11 is 0. The summed E-state index contributed by atoms with van der Waals surface area (Å²) in [5, 5.41) is 2.80. The third-order valence-corrected chi connectivity index (χ3v) is 5.53. The number of carbonyl (C=O) groups excluding carboxylic acids is 3. The molecule has 30 heavy (non-hydrogen) atoms. The van der Waals surface area contributed by atoms with E-state index in [2.05, 4.69) is 22.1 Å². The van der Waals surface area contributed by atoms with Crippen molar-refractivity contribution in [3.05, 3.63) is 64.0 Å². The van der Waals surface area contributed by atoms with Crippen LogP contribution in [-0.4, -0.2) is 29.0 Å². The average molecular weight is 402 g/mol. The first kappa shape index (κ1) is 21.4. The number of carbonyl (C=O) groups is 3. The van der Waals surface area contributed by atoms with Crippen LogP contribution in [0.3, 0.4) is 0 Å². The number of Topliss-reactive ketones (excluding diaryl/α,β-unsaturated/α-hetero) is 2. The summed E-state index contributed by atoms with van der Waals surface area (Å²) in [7, 11) is 0. The molecule has 2 aromatic rings. The summed E-state index contributed by atoms with van der Waals surface area (Å²) in [6, 6.07) is 7.40. The van der Waals surface area contributed by atoms with Crippen molar-refractivity contribution in [1.29, 1.82) is 0 Å². The molecule has 5 nitrogen and oxygen atoms in total. The Morgan fingerprint density at radius 2 is 1.87 bits per heavy atom. The van der Waals surface area contributed by atoms with E-state index in [9.17, 15) is 14.4 Å². The lowest BCUT2D eigenvalue weighted by atomic mass is 9.86. The first-order valence-electron chi connectivity index (χ1n) is 10.1. The summed E-state index contributed by atoms with van der Waals surface area (Å²) < 4.78 is 0. The Morgan fingerprint density at radius 3 is 2.47 bits per heavy atom. The Labute approximate surface area is 177 Å². The molecule has 5 heteroatoms. The fourth-order valence-electron chi connectivity index (χ4n) is 4.25. The van der Waals surface area contributed by atoms with Crippen LogP contribution in [0.25, 0.3) is 0 Å². The summed E-state index contributed by atoms with van der Waals surface area (Å²) in [5.41, 5.74) is 4.98. The van der Waals surface area contributed by atoms with Crippen LogP contribution in [0.1, 0.15) is 64.0 Å². The summed E-state index contributed by atoms with van der Waals surface area (Å²) in [5.74, 6) is 4.25. The van der Waals surface area contributed by atoms with Gasteiger partial charge in [0.05, 0.1) is 0 Å². The highest BCUT2D eigenvalue weighted by molar-refractivity contribution is 6.15. The number of benzene rings is 1. The van der Waals surface area contributed by atoms with Crippen LogP contribution >= 0.6 is 0 Å². The van der Waals surface area contributed by atoms with Gasteiger partial charge in [-0.3, -0.25) is 14.4 Å². The van der Waals surface area contributed by atoms with Gasteiger partial charge in [-0.2, -0.15) is 0 Å². The first-order chi connectivity index (χ1) is 14.3. The van der Waals surface area contributed by atoms with E-state index in [1.807, 2.05) is 32.9 Å². The smallest absolute Gasteiger partial charge is 0.269 e. The number of pyridine rings is 1. The molecule has 1 aliphatic carbocycles. The van der Waals surface area contributed by atoms with E-state index in [4.69, 9.17) is 0 Å². The zero-order valence-corrected chi connectivity index (χ0v) is 17.8. The van der Waals surface area contributed by atoms with Crippen molar-refractivity contribution in [2.24, 2.45) is 5.92 Å². The van der Waals surface area contributed by atoms with Gasteiger partial charge >= 0.3 is 0 Å². The second-order valence-electron chi connectivity index (χ2n) is 7.87. The van der Waals surface area contributed by atoms with E-state index in [0.717, 1.165) is 27.8 Å². The lowest BCUT2D eigenvalue weighted by Gasteiger charge is -2.16. The zero-order valence-electron chi connectivity index (χ0n) is 17.8. The number of aromatic nitrogens is 1. The molecule has 1 N–H and O–H groups in total. The molecule has 1 aliphatic rings. The number of hydrogen-bond acceptors (Lipinski definition) is 4. The molecule has 2 unspecified atom stereocenters. The van der Waals surface area contributed by atoms with Crippen LogP contribution in [0.2, 0.25) is 0 Å². The van der Waals surface area contributed by atoms with Crippen molar-refractivity contribution in [2.75, 3.05) is 6.54 Å². The highest BCUT2D eigenvalue weighted by Gasteiger charge is 2.42. The third-order valence-electron chi connectivity index (χ3n) is 5.53. The predicted octanol–water partition coefficient (Wildman–Crippen LogP) is 3.44. The van der Waals surface area contributed by atoms with Gasteiger partial charge in [-0.05, 0) is 62.9 Å². The fourth-order valence-corrected chi connectivity index (χ4v) is 4.25. The van der Waals surface area contributed by atoms with E-state index in [1.165, 1.54) is 0 Å². The molecule has 0 saturated heterocycles. The Bertz CT molecular complexity index is 1040. The van der Waals surface area contributed by atoms with Gasteiger partial charge in [-0.15, -0.1) is 5.92 Å². The fraction of sp³-hybridized carbons (Fsp3) is 0.360. The number of nitrogens with one attached hydrogen (secondary N) is 1. The van der Waals surface area contributed by atoms with Gasteiger partial charge in [-0.1, -0.05) is 23.6 Å². The maximum Gasteiger partial charge on any atom is 0.269 e. The van der Waals surface area contributed by atoms with Crippen LogP contribution in [0.15, 0.2) is 30.5 Å². The first-order valence-corrected chi connectivity index (χ1v) is 10.1. The zero-order chi connectivity index (χ0) is 21.8. The molecule has 3 rings (SSSR count). The Balaban J connectivity index is 1.62. The number of rotatable bonds is 5. The minimum atomic E-state index is -0.680. The van der Waals surface area contributed by atoms with Gasteiger partial charge in [0.2, 0.25) is 0 Å². The van der Waals surface area contributed by atoms with E-state index in [1.54, 1.807) is 25.3 Å². The average Bonchev–Trinajstić information content (AvgIpc) is 2.96. The highest BCUT2D eigenvalue weighted by Crippen LogP contribution is 2.37. The van der Waals surface area contributed by atoms with Gasteiger partial charge in [0.1, 0.15) is 17.4 Å². The minimum Gasteiger partial charge on any atom is -0.351 e. The Morgan fingerprint density at radius 1 is 1.17 bits per heavy atom. The van der Waals surface area contributed by atoms with Gasteiger partial charge in [0.15, 0.2) is 5.78 Å². The highest BCUT2D eigenvalue weighted by atomic mass is 16.2. The van der Waals surface area contributed by atoms with E-state index in [-0.39, 0.29) is 29.8 Å². The van der Waals surface area contributed by atoms with Crippen LogP contribution in [0.5, 0.6) is 0 Å². The second-order valence-corrected chi connectivity index (χ2v) is 7.87. The van der Waals surface area contributed by atoms with Gasteiger partial charge < -0.3 is 5.32 Å². The number of hydrogen-bond donors (Lipinski definition) is 1. The van der Waals surface area contributed by atoms with Crippen molar-refractivity contribution in [3.63, 3.8) is 0 Å². The minimum absolute atomic E-state index is 0.0272. The Hall–Kier alpha value is -3.26. The normalized spacial score (nSPS) is 18.1. The van der Waals surface area contributed by atoms with Gasteiger partial charge in [0, 0.05) is 30.6 Å². The third kappa shape index (κ3) is 4.49. The van der Waals surface area contributed by atoms with Crippen LogP contribution in [0.4, 0.5) is 0 Å². The summed E-state index contributed by atoms with van der Waals surface area (Å²) in [4.78, 5) is 42.0. The summed E-state index contributed by atoms with van der Waals surface area (Å²) in [6.07, 6.45) is 2.23. The van der Waals surface area contributed by atoms with Crippen LogP contribution in [-0.2, 0) is 9.59 Å². The van der Waals surface area contributed by atoms with Crippen molar-refractivity contribution in [1.82, 2.24) is 10.3 Å². The van der Waals surface area contributed by atoms with Crippen molar-refractivity contribution < 1.29 is 14.4 Å². The van der Waals surface area contributed by atoms with Crippen LogP contribution in [0, 0.1) is 38.5 Å². The number of ketones is 2. The molecule has 0 radical (unpaired) electrons. The topological polar surface area (TPSA) is 76.1 Å². The van der Waals surface area contributed by atoms with Crippen LogP contribution < -0.4 is 5.32 Å². The molecule has 1 aromatic heterocycles. The molecule has 1 heterocycles. The Kier molecular flexibility index (Phi) is 6.47. The molecule has 1 aromatic carbocycles. The van der Waals surface area contributed by atoms with Gasteiger partial charge in [-0.25, -0.2) is 4.98 Å². The molecule has 154 valence electrons. The molecular formula is C25H26N2O3. The molecule has 0 bridgehead atoms. The quantitative estimate of drug-likeness (QED) is 0.614. The monoisotopic (exact) mass is 402 g/mol. The van der Waals surface area contributed by atoms with E-state index in [0.29, 0.717) is 18.7 Å². The predicted molar refractivity (Wildman–Crippen MR) is 115 cm³/mol. The lowest BCUT2D eigenvalue weighted by Crippen LogP contribution is -2.28. The molecule has 1 amide bonds. The van der Waals surface area contributed by atoms with Gasteiger partial charge in [0.25, 0.3) is 5.91 Å². The van der Waals surface area contributed by atoms with Crippen molar-refractivity contribution in [2.45, 2.75) is 46.5 Å². The maximum absolute atomic E-state index is 13.0. The SMILES string of the molecule is CC#Cc1ccc(C(=O)NCCC2CC(=O)C(c3c(C)cc(C)cc3C)C2=O)nc1. The molecule has 2 atom stereocenters. The van der Waals surface area contributed by atoms with E-state index >= 15 is 0 Å². The lowest BCUT2D eigenvalue weighted by molar-refractivity contribution is -0.124. The van der Waals surface area contributed by atoms with E-state index < -0.39 is 5.92 Å². The molecule has 1 fully saturated rings. The second kappa shape index (κ2) is 9.04. The number of aryl methyl sites for hydroxylation is 3. The molecule has 0 aliphatic heterocycles. The van der Waals surface area contributed by atoms with Crippen molar-refractivity contribution in [3.8, 4) is 11.8 Å². The standard InChI is InChI=1S/C25H26N2O3/c1-5-6-18-7-8-20(27-14-18)25(30)26-10-9-19-13-21(28)23(24(19)29)22-16(3)11-15(2)12-17(22)4/h7-8,11-12,14,19,23H,9-10,13H2,1-4H3,(H,26,30). The molecule has 1 saturated carbocycles. The number of nitrogens with zero attached hydrogens (tertiary/aromatic N) is 1. The maximum atomic E-state index is 13.0. The molecule has 0 spiro atoms.